The van der Waals surface area contributed by atoms with Gasteiger partial charge in [0.15, 0.2) is 0 Å². The predicted octanol–water partition coefficient (Wildman–Crippen LogP) is 2.65. The zero-order valence-electron chi connectivity index (χ0n) is 15.9. The Morgan fingerprint density at radius 1 is 0.769 bits per heavy atom. The van der Waals surface area contributed by atoms with Crippen LogP contribution in [-0.4, -0.2) is 65.0 Å². The number of hydrogen-bond acceptors (Lipinski definition) is 6. The molecule has 0 bridgehead atoms. The largest absolute Gasteiger partial charge is 0.444 e. The van der Waals surface area contributed by atoms with Gasteiger partial charge in [-0.2, -0.15) is 8.42 Å². The number of unbranched alkanes of at least 4 members (excludes halogenated alkanes) is 6. The van der Waals surface area contributed by atoms with Crippen molar-refractivity contribution in [2.75, 3.05) is 52.0 Å². The van der Waals surface area contributed by atoms with Crippen LogP contribution in [0.4, 0.5) is 0 Å². The van der Waals surface area contributed by atoms with Gasteiger partial charge in [0.05, 0.1) is 45.4 Å². The van der Waals surface area contributed by atoms with Crippen LogP contribution in [0.2, 0.25) is 0 Å². The van der Waals surface area contributed by atoms with Crippen LogP contribution < -0.4 is 0 Å². The molecule has 0 saturated carbocycles. The Kier molecular flexibility index (Phi) is 18.3. The van der Waals surface area contributed by atoms with Gasteiger partial charge in [0, 0.05) is 6.42 Å². The minimum Gasteiger partial charge on any atom is -0.444 e. The average Bonchev–Trinajstić information content (AvgIpc) is 2.59. The highest BCUT2D eigenvalue weighted by atomic mass is 32.2. The van der Waals surface area contributed by atoms with Crippen LogP contribution in [0.15, 0.2) is 0 Å². The molecule has 0 aliphatic carbocycles. The predicted molar refractivity (Wildman–Crippen MR) is 101 cm³/mol. The van der Waals surface area contributed by atoms with E-state index in [1.165, 1.54) is 32.1 Å². The van der Waals surface area contributed by atoms with Gasteiger partial charge in [-0.3, -0.25) is 4.55 Å². The van der Waals surface area contributed by atoms with Crippen molar-refractivity contribution in [3.63, 3.8) is 0 Å². The van der Waals surface area contributed by atoms with Crippen LogP contribution in [0.1, 0.15) is 51.9 Å². The highest BCUT2D eigenvalue weighted by Gasteiger charge is 2.03. The van der Waals surface area contributed by atoms with Crippen LogP contribution in [0, 0.1) is 12.0 Å². The highest BCUT2D eigenvalue weighted by molar-refractivity contribution is 7.85. The van der Waals surface area contributed by atoms with Gasteiger partial charge in [0.25, 0.3) is 10.1 Å². The summed E-state index contributed by atoms with van der Waals surface area (Å²) in [7, 11) is -3.96. The first-order chi connectivity index (χ1) is 12.6. The molecule has 0 aromatic heterocycles. The van der Waals surface area contributed by atoms with Gasteiger partial charge in [0.1, 0.15) is 12.7 Å². The Morgan fingerprint density at radius 2 is 1.31 bits per heavy atom. The van der Waals surface area contributed by atoms with E-state index >= 15 is 0 Å². The summed E-state index contributed by atoms with van der Waals surface area (Å²) in [6.07, 6.45) is 11.2. The van der Waals surface area contributed by atoms with Crippen LogP contribution >= 0.6 is 0 Å². The van der Waals surface area contributed by atoms with Crippen molar-refractivity contribution in [2.24, 2.45) is 0 Å². The normalized spacial score (nSPS) is 11.2. The van der Waals surface area contributed by atoms with Crippen molar-refractivity contribution < 1.29 is 31.9 Å². The summed E-state index contributed by atoms with van der Waals surface area (Å²) in [6.45, 7) is 4.54. The second-order valence-electron chi connectivity index (χ2n) is 5.77. The zero-order valence-corrected chi connectivity index (χ0v) is 16.7. The standard InChI is InChI=1S/C18H34O7S/c1-2-3-4-5-6-7-8-9-10-22-11-12-23-13-14-24-15-16-25-17-18-26(19,20)21/h2-8,11-18H2,1H3,(H,19,20,21). The first-order valence-electron chi connectivity index (χ1n) is 9.34. The minimum atomic E-state index is -3.96. The first kappa shape index (κ1) is 25.1. The van der Waals surface area contributed by atoms with E-state index in [0.29, 0.717) is 33.0 Å². The summed E-state index contributed by atoms with van der Waals surface area (Å²) in [6, 6.07) is 0. The van der Waals surface area contributed by atoms with E-state index in [2.05, 4.69) is 19.0 Å². The van der Waals surface area contributed by atoms with E-state index in [1.54, 1.807) is 0 Å². The zero-order chi connectivity index (χ0) is 19.3. The van der Waals surface area contributed by atoms with E-state index in [1.807, 2.05) is 0 Å². The van der Waals surface area contributed by atoms with Gasteiger partial charge in [-0.25, -0.2) is 0 Å². The molecule has 0 spiro atoms. The average molecular weight is 395 g/mol. The van der Waals surface area contributed by atoms with E-state index in [4.69, 9.17) is 23.5 Å². The van der Waals surface area contributed by atoms with Crippen molar-refractivity contribution in [2.45, 2.75) is 51.9 Å². The molecule has 0 unspecified atom stereocenters. The summed E-state index contributed by atoms with van der Waals surface area (Å²) in [5.41, 5.74) is 0. The Bertz CT molecular complexity index is 454. The third kappa shape index (κ3) is 23.1. The lowest BCUT2D eigenvalue weighted by atomic mass is 10.1. The van der Waals surface area contributed by atoms with E-state index in [9.17, 15) is 8.42 Å². The summed E-state index contributed by atoms with van der Waals surface area (Å²) in [5, 5.41) is 0. The van der Waals surface area contributed by atoms with Gasteiger partial charge in [0.2, 0.25) is 0 Å². The SMILES string of the molecule is CCCCCCCCC#COCCOCCOCCOCCS(=O)(=O)O. The molecule has 8 heteroatoms. The lowest BCUT2D eigenvalue weighted by Gasteiger charge is -2.06. The Labute approximate surface area is 158 Å². The van der Waals surface area contributed by atoms with Gasteiger partial charge < -0.3 is 18.9 Å². The smallest absolute Gasteiger partial charge is 0.267 e. The molecule has 0 atom stereocenters. The molecule has 0 aromatic carbocycles. The van der Waals surface area contributed by atoms with Crippen molar-refractivity contribution in [1.82, 2.24) is 0 Å². The fourth-order valence-electron chi connectivity index (χ4n) is 1.95. The Hall–Kier alpha value is -0.850. The lowest BCUT2D eigenvalue weighted by molar-refractivity contribution is 0.00971. The molecule has 0 rings (SSSR count). The summed E-state index contributed by atoms with van der Waals surface area (Å²) < 4.78 is 50.1. The van der Waals surface area contributed by atoms with E-state index in [-0.39, 0.29) is 13.2 Å². The second-order valence-corrected chi connectivity index (χ2v) is 7.34. The fourth-order valence-corrected chi connectivity index (χ4v) is 2.28. The highest BCUT2D eigenvalue weighted by Crippen LogP contribution is 2.06. The van der Waals surface area contributed by atoms with Crippen molar-refractivity contribution in [3.05, 3.63) is 0 Å². The Balaban J connectivity index is 3.15. The quantitative estimate of drug-likeness (QED) is 0.217. The van der Waals surface area contributed by atoms with Gasteiger partial charge in [-0.05, 0) is 6.42 Å². The van der Waals surface area contributed by atoms with Crippen LogP contribution in [0.5, 0.6) is 0 Å². The molecule has 0 radical (unpaired) electrons. The fraction of sp³-hybridized carbons (Fsp3) is 0.889. The third-order valence-electron chi connectivity index (χ3n) is 3.36. The minimum absolute atomic E-state index is 0.0457. The summed E-state index contributed by atoms with van der Waals surface area (Å²) >= 11 is 0. The molecule has 26 heavy (non-hydrogen) atoms. The van der Waals surface area contributed by atoms with Crippen LogP contribution in [-0.2, 0) is 29.1 Å². The van der Waals surface area contributed by atoms with Crippen LogP contribution in [0.3, 0.4) is 0 Å². The summed E-state index contributed by atoms with van der Waals surface area (Å²) in [4.78, 5) is 0. The topological polar surface area (TPSA) is 91.3 Å². The van der Waals surface area contributed by atoms with Crippen LogP contribution in [0.25, 0.3) is 0 Å². The first-order valence-corrected chi connectivity index (χ1v) is 10.9. The maximum absolute atomic E-state index is 10.4. The van der Waals surface area contributed by atoms with Crippen molar-refractivity contribution >= 4 is 10.1 Å². The molecule has 0 saturated heterocycles. The Morgan fingerprint density at radius 3 is 1.92 bits per heavy atom. The lowest BCUT2D eigenvalue weighted by Crippen LogP contribution is -2.14. The second kappa shape index (κ2) is 18.9. The molecule has 0 amide bonds. The van der Waals surface area contributed by atoms with Crippen molar-refractivity contribution in [3.8, 4) is 12.0 Å². The van der Waals surface area contributed by atoms with Crippen molar-refractivity contribution in [1.29, 1.82) is 0 Å². The maximum atomic E-state index is 10.4. The molecule has 0 fully saturated rings. The summed E-state index contributed by atoms with van der Waals surface area (Å²) in [5.74, 6) is 2.60. The molecule has 0 heterocycles. The molecule has 1 N–H and O–H groups in total. The molecule has 7 nitrogen and oxygen atoms in total. The number of hydrogen-bond donors (Lipinski definition) is 1. The molecular weight excluding hydrogens is 360 g/mol. The molecule has 0 aliphatic heterocycles. The van der Waals surface area contributed by atoms with Gasteiger partial charge in [-0.1, -0.05) is 44.9 Å². The third-order valence-corrected chi connectivity index (χ3v) is 4.04. The van der Waals surface area contributed by atoms with E-state index in [0.717, 1.165) is 12.8 Å². The monoisotopic (exact) mass is 394 g/mol. The van der Waals surface area contributed by atoms with Gasteiger partial charge in [-0.15, -0.1) is 0 Å². The number of rotatable bonds is 18. The maximum Gasteiger partial charge on any atom is 0.267 e. The van der Waals surface area contributed by atoms with Gasteiger partial charge >= 0.3 is 0 Å². The van der Waals surface area contributed by atoms with E-state index < -0.39 is 15.9 Å². The molecule has 0 aromatic rings. The molecular formula is C18H34O7S. The molecule has 154 valence electrons. The number of ether oxygens (including phenoxy) is 4. The molecule has 0 aliphatic rings.